The van der Waals surface area contributed by atoms with Crippen molar-refractivity contribution in [2.75, 3.05) is 19.6 Å². The summed E-state index contributed by atoms with van der Waals surface area (Å²) < 4.78 is 1.67. The second-order valence-corrected chi connectivity index (χ2v) is 5.48. The largest absolute Gasteiger partial charge is 0.338 e. The zero-order chi connectivity index (χ0) is 14.1. The normalized spacial score (nSPS) is 23.2. The summed E-state index contributed by atoms with van der Waals surface area (Å²) in [6.45, 7) is 4.35. The molecule has 0 saturated carbocycles. The molecule has 1 fully saturated rings. The van der Waals surface area contributed by atoms with E-state index in [4.69, 9.17) is 5.73 Å². The molecule has 1 aliphatic rings. The predicted molar refractivity (Wildman–Crippen MR) is 75.2 cm³/mol. The molecule has 0 bridgehead atoms. The number of likely N-dealkylation sites (tertiary alicyclic amines) is 1. The quantitative estimate of drug-likeness (QED) is 0.877. The molecule has 1 amide bonds. The van der Waals surface area contributed by atoms with Crippen molar-refractivity contribution in [1.82, 2.24) is 19.5 Å². The fourth-order valence-electron chi connectivity index (χ4n) is 2.81. The molecule has 0 radical (unpaired) electrons. The van der Waals surface area contributed by atoms with Crippen LogP contribution in [0.15, 0.2) is 24.8 Å². The van der Waals surface area contributed by atoms with Crippen molar-refractivity contribution in [1.29, 1.82) is 0 Å². The van der Waals surface area contributed by atoms with E-state index >= 15 is 0 Å². The first-order valence-corrected chi connectivity index (χ1v) is 6.97. The maximum Gasteiger partial charge on any atom is 0.257 e. The van der Waals surface area contributed by atoms with Crippen molar-refractivity contribution in [2.45, 2.75) is 13.3 Å². The number of rotatable bonds is 2. The topological polar surface area (TPSA) is 76.5 Å². The van der Waals surface area contributed by atoms with Gasteiger partial charge in [0.1, 0.15) is 0 Å². The Morgan fingerprint density at radius 3 is 3.15 bits per heavy atom. The summed E-state index contributed by atoms with van der Waals surface area (Å²) in [5, 5.41) is 4.19. The van der Waals surface area contributed by atoms with Gasteiger partial charge >= 0.3 is 0 Å². The van der Waals surface area contributed by atoms with Crippen LogP contribution in [0.3, 0.4) is 0 Å². The van der Waals surface area contributed by atoms with Gasteiger partial charge in [-0.3, -0.25) is 9.78 Å². The first-order chi connectivity index (χ1) is 9.70. The Hall–Kier alpha value is -1.95. The van der Waals surface area contributed by atoms with Crippen LogP contribution in [-0.2, 0) is 0 Å². The maximum absolute atomic E-state index is 12.6. The number of nitrogens with two attached hydrogens (primary N) is 1. The van der Waals surface area contributed by atoms with Gasteiger partial charge in [0.2, 0.25) is 0 Å². The molecule has 6 heteroatoms. The molecular weight excluding hydrogens is 254 g/mol. The first kappa shape index (κ1) is 13.1. The van der Waals surface area contributed by atoms with Crippen LogP contribution in [0.25, 0.3) is 5.52 Å². The maximum atomic E-state index is 12.6. The lowest BCUT2D eigenvalue weighted by Gasteiger charge is -2.36. The van der Waals surface area contributed by atoms with Gasteiger partial charge < -0.3 is 10.6 Å². The Kier molecular flexibility index (Phi) is 3.40. The number of carbonyl (C=O) groups is 1. The summed E-state index contributed by atoms with van der Waals surface area (Å²) in [5.41, 5.74) is 7.17. The van der Waals surface area contributed by atoms with Crippen molar-refractivity contribution in [3.8, 4) is 0 Å². The molecule has 0 aromatic carbocycles. The van der Waals surface area contributed by atoms with Gasteiger partial charge in [-0.1, -0.05) is 6.92 Å². The minimum atomic E-state index is 0.0263. The summed E-state index contributed by atoms with van der Waals surface area (Å²) in [6.07, 6.45) is 7.70. The van der Waals surface area contributed by atoms with E-state index in [0.717, 1.165) is 25.0 Å². The molecule has 0 aliphatic carbocycles. The van der Waals surface area contributed by atoms with Gasteiger partial charge in [-0.15, -0.1) is 0 Å². The van der Waals surface area contributed by atoms with Gasteiger partial charge in [0.25, 0.3) is 5.91 Å². The number of aromatic nitrogens is 3. The second kappa shape index (κ2) is 5.20. The Balaban J connectivity index is 1.85. The third-order valence-corrected chi connectivity index (χ3v) is 4.26. The molecule has 2 aromatic rings. The predicted octanol–water partition coefficient (Wildman–Crippen LogP) is 0.786. The van der Waals surface area contributed by atoms with Crippen LogP contribution in [-0.4, -0.2) is 45.0 Å². The van der Waals surface area contributed by atoms with Crippen molar-refractivity contribution >= 4 is 11.4 Å². The first-order valence-electron chi connectivity index (χ1n) is 6.97. The number of fused-ring (bicyclic) bond motifs is 1. The van der Waals surface area contributed by atoms with Crippen LogP contribution in [0.4, 0.5) is 0 Å². The molecule has 106 valence electrons. The summed E-state index contributed by atoms with van der Waals surface area (Å²) in [7, 11) is 0. The Morgan fingerprint density at radius 1 is 1.50 bits per heavy atom. The number of nitrogens with zero attached hydrogens (tertiary/aromatic N) is 4. The molecule has 0 spiro atoms. The number of amides is 1. The fourth-order valence-corrected chi connectivity index (χ4v) is 2.81. The summed E-state index contributed by atoms with van der Waals surface area (Å²) >= 11 is 0. The van der Waals surface area contributed by atoms with Crippen LogP contribution in [0.1, 0.15) is 23.7 Å². The molecule has 2 aromatic heterocycles. The highest BCUT2D eigenvalue weighted by Crippen LogP contribution is 2.24. The van der Waals surface area contributed by atoms with E-state index in [0.29, 0.717) is 23.9 Å². The number of hydrogen-bond acceptors (Lipinski definition) is 4. The molecule has 3 heterocycles. The minimum Gasteiger partial charge on any atom is -0.338 e. The molecular formula is C14H19N5O. The van der Waals surface area contributed by atoms with E-state index in [-0.39, 0.29) is 5.91 Å². The van der Waals surface area contributed by atoms with E-state index in [9.17, 15) is 4.79 Å². The molecule has 1 saturated heterocycles. The van der Waals surface area contributed by atoms with Crippen molar-refractivity contribution in [2.24, 2.45) is 17.6 Å². The molecule has 2 N–H and O–H groups in total. The second-order valence-electron chi connectivity index (χ2n) is 5.48. The van der Waals surface area contributed by atoms with E-state index in [1.165, 1.54) is 0 Å². The van der Waals surface area contributed by atoms with Crippen LogP contribution >= 0.6 is 0 Å². The van der Waals surface area contributed by atoms with Gasteiger partial charge in [0.15, 0.2) is 0 Å². The molecule has 1 aliphatic heterocycles. The lowest BCUT2D eigenvalue weighted by molar-refractivity contribution is 0.0620. The summed E-state index contributed by atoms with van der Waals surface area (Å²) in [6, 6.07) is 0. The fraction of sp³-hybridized carbons (Fsp3) is 0.500. The Morgan fingerprint density at radius 2 is 2.35 bits per heavy atom. The highest BCUT2D eigenvalue weighted by atomic mass is 16.2. The number of carbonyl (C=O) groups excluding carboxylic acids is 1. The monoisotopic (exact) mass is 273 g/mol. The Labute approximate surface area is 117 Å². The van der Waals surface area contributed by atoms with E-state index in [2.05, 4.69) is 17.0 Å². The van der Waals surface area contributed by atoms with Crippen molar-refractivity contribution < 1.29 is 4.79 Å². The van der Waals surface area contributed by atoms with Crippen LogP contribution in [0.2, 0.25) is 0 Å². The summed E-state index contributed by atoms with van der Waals surface area (Å²) in [4.78, 5) is 18.6. The molecule has 2 atom stereocenters. The zero-order valence-corrected chi connectivity index (χ0v) is 11.6. The number of piperidine rings is 1. The zero-order valence-electron chi connectivity index (χ0n) is 11.6. The van der Waals surface area contributed by atoms with Crippen molar-refractivity contribution in [3.63, 3.8) is 0 Å². The van der Waals surface area contributed by atoms with Gasteiger partial charge in [0, 0.05) is 25.5 Å². The minimum absolute atomic E-state index is 0.0263. The van der Waals surface area contributed by atoms with Crippen molar-refractivity contribution in [3.05, 3.63) is 30.4 Å². The SMILES string of the molecule is CC1CCN(C(=O)c2cnn3ccncc23)CC1CN. The highest BCUT2D eigenvalue weighted by Gasteiger charge is 2.29. The van der Waals surface area contributed by atoms with Crippen LogP contribution in [0, 0.1) is 11.8 Å². The smallest absolute Gasteiger partial charge is 0.257 e. The van der Waals surface area contributed by atoms with Gasteiger partial charge in [-0.2, -0.15) is 5.10 Å². The third-order valence-electron chi connectivity index (χ3n) is 4.26. The lowest BCUT2D eigenvalue weighted by atomic mass is 9.87. The summed E-state index contributed by atoms with van der Waals surface area (Å²) in [5.74, 6) is 0.987. The van der Waals surface area contributed by atoms with E-state index in [1.54, 1.807) is 29.3 Å². The lowest BCUT2D eigenvalue weighted by Crippen LogP contribution is -2.45. The van der Waals surface area contributed by atoms with Crippen LogP contribution in [0.5, 0.6) is 0 Å². The van der Waals surface area contributed by atoms with Gasteiger partial charge in [-0.05, 0) is 24.8 Å². The molecule has 2 unspecified atom stereocenters. The third kappa shape index (κ3) is 2.16. The van der Waals surface area contributed by atoms with E-state index < -0.39 is 0 Å². The average molecular weight is 273 g/mol. The Bertz CT molecular complexity index is 623. The van der Waals surface area contributed by atoms with Gasteiger partial charge in [0.05, 0.1) is 23.5 Å². The van der Waals surface area contributed by atoms with E-state index in [1.807, 2.05) is 4.90 Å². The number of hydrogen-bond donors (Lipinski definition) is 1. The van der Waals surface area contributed by atoms with Crippen LogP contribution < -0.4 is 5.73 Å². The molecule has 6 nitrogen and oxygen atoms in total. The standard InChI is InChI=1S/C14H19N5O/c1-10-2-4-18(9-11(10)6-15)14(20)12-7-17-19-5-3-16-8-13(12)19/h3,5,7-8,10-11H,2,4,6,9,15H2,1H3. The molecule has 20 heavy (non-hydrogen) atoms. The molecule has 3 rings (SSSR count). The average Bonchev–Trinajstić information content (AvgIpc) is 2.91. The highest BCUT2D eigenvalue weighted by molar-refractivity contribution is 6.00. The van der Waals surface area contributed by atoms with Gasteiger partial charge in [-0.25, -0.2) is 4.52 Å².